The molecule has 0 saturated heterocycles. The first-order chi connectivity index (χ1) is 10.6. The second-order valence-corrected chi connectivity index (χ2v) is 4.84. The Labute approximate surface area is 126 Å². The summed E-state index contributed by atoms with van der Waals surface area (Å²) < 4.78 is 6.96. The standard InChI is InChI=1S/C14H15N5O3/c1-18-11-6-10(2-3-12(11)22-7-13(18)20)14(21)16-4-5-19-9-15-8-17-19/h2-3,6,8-9H,4-5,7H2,1H3,(H,16,21). The number of nitrogens with one attached hydrogen (secondary N) is 1. The molecule has 1 aromatic heterocycles. The molecule has 1 aliphatic rings. The van der Waals surface area contributed by atoms with E-state index in [1.54, 1.807) is 36.3 Å². The van der Waals surface area contributed by atoms with Crippen molar-refractivity contribution in [3.8, 4) is 5.75 Å². The van der Waals surface area contributed by atoms with Gasteiger partial charge in [-0.05, 0) is 18.2 Å². The Kier molecular flexibility index (Phi) is 3.73. The molecule has 2 amide bonds. The van der Waals surface area contributed by atoms with Crippen molar-refractivity contribution in [1.82, 2.24) is 20.1 Å². The summed E-state index contributed by atoms with van der Waals surface area (Å²) in [4.78, 5) is 29.1. The summed E-state index contributed by atoms with van der Waals surface area (Å²) in [5.41, 5.74) is 1.07. The molecule has 22 heavy (non-hydrogen) atoms. The molecule has 0 fully saturated rings. The van der Waals surface area contributed by atoms with Crippen LogP contribution in [0, 0.1) is 0 Å². The molecule has 8 heteroatoms. The van der Waals surface area contributed by atoms with Crippen molar-refractivity contribution < 1.29 is 14.3 Å². The maximum Gasteiger partial charge on any atom is 0.264 e. The second-order valence-electron chi connectivity index (χ2n) is 4.84. The second kappa shape index (κ2) is 5.84. The topological polar surface area (TPSA) is 89.4 Å². The molecule has 8 nitrogen and oxygen atoms in total. The van der Waals surface area contributed by atoms with Crippen molar-refractivity contribution in [2.24, 2.45) is 0 Å². The number of likely N-dealkylation sites (N-methyl/N-ethyl adjacent to an activating group) is 1. The summed E-state index contributed by atoms with van der Waals surface area (Å²) in [5.74, 6) is 0.242. The molecule has 2 heterocycles. The van der Waals surface area contributed by atoms with Gasteiger partial charge in [-0.15, -0.1) is 0 Å². The quantitative estimate of drug-likeness (QED) is 0.863. The number of rotatable bonds is 4. The van der Waals surface area contributed by atoms with Gasteiger partial charge in [-0.25, -0.2) is 4.98 Å². The van der Waals surface area contributed by atoms with Crippen LogP contribution >= 0.6 is 0 Å². The fourth-order valence-corrected chi connectivity index (χ4v) is 2.15. The molecule has 0 atom stereocenters. The van der Waals surface area contributed by atoms with Gasteiger partial charge in [0.05, 0.1) is 12.2 Å². The van der Waals surface area contributed by atoms with E-state index in [1.165, 1.54) is 11.2 Å². The summed E-state index contributed by atoms with van der Waals surface area (Å²) in [6.07, 6.45) is 3.03. The van der Waals surface area contributed by atoms with Crippen LogP contribution in [0.1, 0.15) is 10.4 Å². The molecule has 1 N–H and O–H groups in total. The lowest BCUT2D eigenvalue weighted by Crippen LogP contribution is -2.36. The number of hydrogen-bond acceptors (Lipinski definition) is 5. The minimum atomic E-state index is -0.214. The number of ether oxygens (including phenoxy) is 1. The van der Waals surface area contributed by atoms with Crippen molar-refractivity contribution in [3.05, 3.63) is 36.4 Å². The van der Waals surface area contributed by atoms with Gasteiger partial charge in [0.25, 0.3) is 11.8 Å². The highest BCUT2D eigenvalue weighted by molar-refractivity contribution is 6.00. The highest BCUT2D eigenvalue weighted by atomic mass is 16.5. The molecule has 0 bridgehead atoms. The zero-order valence-electron chi connectivity index (χ0n) is 12.0. The van der Waals surface area contributed by atoms with Gasteiger partial charge in [0.1, 0.15) is 18.4 Å². The predicted molar refractivity (Wildman–Crippen MR) is 77.7 cm³/mol. The third-order valence-corrected chi connectivity index (χ3v) is 3.40. The molecular formula is C14H15N5O3. The number of hydrogen-bond donors (Lipinski definition) is 1. The maximum atomic E-state index is 12.1. The normalized spacial score (nSPS) is 13.5. The van der Waals surface area contributed by atoms with E-state index in [-0.39, 0.29) is 18.4 Å². The molecule has 0 saturated carbocycles. The van der Waals surface area contributed by atoms with Crippen molar-refractivity contribution in [2.75, 3.05) is 25.1 Å². The number of amides is 2. The van der Waals surface area contributed by atoms with Crippen LogP contribution in [0.2, 0.25) is 0 Å². The Hall–Kier alpha value is -2.90. The van der Waals surface area contributed by atoms with Crippen molar-refractivity contribution in [2.45, 2.75) is 6.54 Å². The molecule has 0 aliphatic carbocycles. The van der Waals surface area contributed by atoms with E-state index in [9.17, 15) is 9.59 Å². The van der Waals surface area contributed by atoms with Gasteiger partial charge < -0.3 is 15.0 Å². The van der Waals surface area contributed by atoms with Gasteiger partial charge in [0.15, 0.2) is 6.61 Å². The van der Waals surface area contributed by atoms with Crippen molar-refractivity contribution in [1.29, 1.82) is 0 Å². The summed E-state index contributed by atoms with van der Waals surface area (Å²) in [7, 11) is 1.66. The molecule has 0 radical (unpaired) electrons. The van der Waals surface area contributed by atoms with Crippen molar-refractivity contribution >= 4 is 17.5 Å². The van der Waals surface area contributed by atoms with Gasteiger partial charge in [-0.1, -0.05) is 0 Å². The summed E-state index contributed by atoms with van der Waals surface area (Å²) in [5, 5.41) is 6.75. The first-order valence-electron chi connectivity index (χ1n) is 6.79. The Morgan fingerprint density at radius 2 is 2.32 bits per heavy atom. The lowest BCUT2D eigenvalue weighted by molar-refractivity contribution is -0.120. The maximum absolute atomic E-state index is 12.1. The van der Waals surface area contributed by atoms with Gasteiger partial charge in [-0.3, -0.25) is 14.3 Å². The Morgan fingerprint density at radius 3 is 3.09 bits per heavy atom. The molecule has 114 valence electrons. The summed E-state index contributed by atoms with van der Waals surface area (Å²) >= 11 is 0. The Balaban J connectivity index is 1.67. The van der Waals surface area contributed by atoms with Crippen LogP contribution in [0.3, 0.4) is 0 Å². The average molecular weight is 301 g/mol. The third kappa shape index (κ3) is 2.76. The average Bonchev–Trinajstić information content (AvgIpc) is 3.04. The van der Waals surface area contributed by atoms with E-state index in [4.69, 9.17) is 4.74 Å². The zero-order chi connectivity index (χ0) is 15.5. The Morgan fingerprint density at radius 1 is 1.45 bits per heavy atom. The summed E-state index contributed by atoms with van der Waals surface area (Å²) in [6, 6.07) is 5.02. The molecule has 0 spiro atoms. The third-order valence-electron chi connectivity index (χ3n) is 3.40. The first-order valence-corrected chi connectivity index (χ1v) is 6.79. The van der Waals surface area contributed by atoms with E-state index in [0.29, 0.717) is 30.1 Å². The van der Waals surface area contributed by atoms with Crippen LogP contribution < -0.4 is 15.0 Å². The monoisotopic (exact) mass is 301 g/mol. The highest BCUT2D eigenvalue weighted by Gasteiger charge is 2.23. The molecule has 1 aliphatic heterocycles. The number of fused-ring (bicyclic) bond motifs is 1. The fourth-order valence-electron chi connectivity index (χ4n) is 2.15. The Bertz CT molecular complexity index is 699. The van der Waals surface area contributed by atoms with E-state index in [0.717, 1.165) is 0 Å². The van der Waals surface area contributed by atoms with E-state index in [1.807, 2.05) is 0 Å². The predicted octanol–water partition coefficient (Wildman–Crippen LogP) is 0.0633. The van der Waals surface area contributed by atoms with Gasteiger partial charge >= 0.3 is 0 Å². The minimum absolute atomic E-state index is 0.0208. The van der Waals surface area contributed by atoms with Gasteiger partial charge in [0.2, 0.25) is 0 Å². The number of aromatic nitrogens is 3. The van der Waals surface area contributed by atoms with Crippen molar-refractivity contribution in [3.63, 3.8) is 0 Å². The number of carbonyl (C=O) groups is 2. The van der Waals surface area contributed by atoms with Crippen LogP contribution in [0.5, 0.6) is 5.75 Å². The van der Waals surface area contributed by atoms with E-state index >= 15 is 0 Å². The highest BCUT2D eigenvalue weighted by Crippen LogP contribution is 2.31. The van der Waals surface area contributed by atoms with Crippen LogP contribution in [-0.4, -0.2) is 46.8 Å². The number of anilines is 1. The number of nitrogens with zero attached hydrogens (tertiary/aromatic N) is 4. The van der Waals surface area contributed by atoms with Crippen LogP contribution in [-0.2, 0) is 11.3 Å². The van der Waals surface area contributed by atoms with Crippen LogP contribution in [0.15, 0.2) is 30.9 Å². The van der Waals surface area contributed by atoms with Gasteiger partial charge in [0, 0.05) is 19.2 Å². The smallest absolute Gasteiger partial charge is 0.264 e. The van der Waals surface area contributed by atoms with Gasteiger partial charge in [-0.2, -0.15) is 5.10 Å². The van der Waals surface area contributed by atoms with Crippen LogP contribution in [0.25, 0.3) is 0 Å². The molecule has 3 rings (SSSR count). The lowest BCUT2D eigenvalue weighted by atomic mass is 10.1. The fraction of sp³-hybridized carbons (Fsp3) is 0.286. The minimum Gasteiger partial charge on any atom is -0.482 e. The SMILES string of the molecule is CN1C(=O)COc2ccc(C(=O)NCCn3cncn3)cc21. The zero-order valence-corrected chi connectivity index (χ0v) is 12.0. The van der Waals surface area contributed by atoms with Crippen LogP contribution in [0.4, 0.5) is 5.69 Å². The number of carbonyl (C=O) groups excluding carboxylic acids is 2. The molecule has 0 unspecified atom stereocenters. The molecule has 2 aromatic rings. The molecular weight excluding hydrogens is 286 g/mol. The summed E-state index contributed by atoms with van der Waals surface area (Å²) in [6.45, 7) is 0.996. The molecule has 1 aromatic carbocycles. The first kappa shape index (κ1) is 14.1. The van der Waals surface area contributed by atoms with E-state index in [2.05, 4.69) is 15.4 Å². The lowest BCUT2D eigenvalue weighted by Gasteiger charge is -2.26. The number of benzene rings is 1. The largest absolute Gasteiger partial charge is 0.482 e. The van der Waals surface area contributed by atoms with E-state index < -0.39 is 0 Å².